The summed E-state index contributed by atoms with van der Waals surface area (Å²) in [5.74, 6) is 0. The average Bonchev–Trinajstić information content (AvgIpc) is 2.34. The number of anilines is 1. The van der Waals surface area contributed by atoms with Gasteiger partial charge in [-0.1, -0.05) is 6.07 Å². The second-order valence-electron chi connectivity index (χ2n) is 4.92. The summed E-state index contributed by atoms with van der Waals surface area (Å²) in [6.07, 6.45) is 4.34. The molecule has 1 aliphatic carbocycles. The molecule has 0 unspecified atom stereocenters. The third kappa shape index (κ3) is 2.98. The maximum atomic E-state index is 9.10. The van der Waals surface area contributed by atoms with Gasteiger partial charge in [0.1, 0.15) is 6.07 Å². The Hall–Kier alpha value is -1.53. The summed E-state index contributed by atoms with van der Waals surface area (Å²) in [5, 5.41) is 12.6. The number of nitrogens with zero attached hydrogens (tertiary/aromatic N) is 1. The van der Waals surface area contributed by atoms with Gasteiger partial charge < -0.3 is 11.1 Å². The van der Waals surface area contributed by atoms with Crippen molar-refractivity contribution in [1.29, 1.82) is 5.26 Å². The Morgan fingerprint density at radius 1 is 1.29 bits per heavy atom. The zero-order valence-electron chi connectivity index (χ0n) is 10.2. The van der Waals surface area contributed by atoms with Crippen LogP contribution in [0.3, 0.4) is 0 Å². The van der Waals surface area contributed by atoms with Crippen molar-refractivity contribution >= 4 is 5.69 Å². The van der Waals surface area contributed by atoms with Crippen molar-refractivity contribution in [2.24, 2.45) is 5.73 Å². The number of hydrogen-bond donors (Lipinski definition) is 2. The molecule has 1 aromatic rings. The summed E-state index contributed by atoms with van der Waals surface area (Å²) >= 11 is 0. The number of aryl methyl sites for hydroxylation is 1. The van der Waals surface area contributed by atoms with Gasteiger partial charge in [0.2, 0.25) is 0 Å². The van der Waals surface area contributed by atoms with Crippen molar-refractivity contribution in [3.05, 3.63) is 29.3 Å². The van der Waals surface area contributed by atoms with Gasteiger partial charge in [-0.15, -0.1) is 0 Å². The summed E-state index contributed by atoms with van der Waals surface area (Å²) < 4.78 is 0. The van der Waals surface area contributed by atoms with Crippen LogP contribution in [0.2, 0.25) is 0 Å². The van der Waals surface area contributed by atoms with Gasteiger partial charge in [0.15, 0.2) is 0 Å². The van der Waals surface area contributed by atoms with E-state index in [9.17, 15) is 0 Å². The summed E-state index contributed by atoms with van der Waals surface area (Å²) in [6, 6.07) is 9.04. The quantitative estimate of drug-likeness (QED) is 0.819. The normalized spacial score (nSPS) is 24.1. The van der Waals surface area contributed by atoms with Crippen molar-refractivity contribution in [2.75, 3.05) is 5.32 Å². The SMILES string of the molecule is Cc1ccc(NC2CCC(N)CC2)c(C#N)c1. The van der Waals surface area contributed by atoms with Crippen LogP contribution in [0.1, 0.15) is 36.8 Å². The summed E-state index contributed by atoms with van der Waals surface area (Å²) in [4.78, 5) is 0. The molecule has 0 amide bonds. The molecule has 1 fully saturated rings. The predicted molar refractivity (Wildman–Crippen MR) is 69.7 cm³/mol. The Morgan fingerprint density at radius 2 is 2.00 bits per heavy atom. The number of nitriles is 1. The first-order chi connectivity index (χ1) is 8.19. The highest BCUT2D eigenvalue weighted by atomic mass is 14.9. The highest BCUT2D eigenvalue weighted by Crippen LogP contribution is 2.23. The molecule has 2 rings (SSSR count). The fourth-order valence-electron chi connectivity index (χ4n) is 2.36. The topological polar surface area (TPSA) is 61.8 Å². The Kier molecular flexibility index (Phi) is 3.65. The molecule has 3 nitrogen and oxygen atoms in total. The first kappa shape index (κ1) is 11.9. The van der Waals surface area contributed by atoms with E-state index in [1.165, 1.54) is 0 Å². The van der Waals surface area contributed by atoms with Gasteiger partial charge in [-0.25, -0.2) is 0 Å². The van der Waals surface area contributed by atoms with Crippen LogP contribution in [-0.4, -0.2) is 12.1 Å². The van der Waals surface area contributed by atoms with Crippen molar-refractivity contribution in [3.63, 3.8) is 0 Å². The van der Waals surface area contributed by atoms with Crippen LogP contribution in [0.4, 0.5) is 5.69 Å². The third-order valence-corrected chi connectivity index (χ3v) is 3.43. The van der Waals surface area contributed by atoms with E-state index in [1.54, 1.807) is 0 Å². The molecule has 0 bridgehead atoms. The minimum Gasteiger partial charge on any atom is -0.381 e. The van der Waals surface area contributed by atoms with E-state index in [0.29, 0.717) is 12.1 Å². The van der Waals surface area contributed by atoms with Crippen LogP contribution in [0.15, 0.2) is 18.2 Å². The first-order valence-corrected chi connectivity index (χ1v) is 6.22. The molecule has 0 spiro atoms. The Bertz CT molecular complexity index is 426. The minimum absolute atomic E-state index is 0.363. The van der Waals surface area contributed by atoms with Gasteiger partial charge in [-0.2, -0.15) is 5.26 Å². The van der Waals surface area contributed by atoms with E-state index < -0.39 is 0 Å². The number of benzene rings is 1. The predicted octanol–water partition coefficient (Wildman–Crippen LogP) is 2.55. The highest BCUT2D eigenvalue weighted by molar-refractivity contribution is 5.59. The van der Waals surface area contributed by atoms with Crippen molar-refractivity contribution in [1.82, 2.24) is 0 Å². The van der Waals surface area contributed by atoms with E-state index in [2.05, 4.69) is 11.4 Å². The van der Waals surface area contributed by atoms with Crippen LogP contribution in [0, 0.1) is 18.3 Å². The van der Waals surface area contributed by atoms with Crippen LogP contribution in [-0.2, 0) is 0 Å². The number of rotatable bonds is 2. The highest BCUT2D eigenvalue weighted by Gasteiger charge is 2.18. The number of nitrogens with one attached hydrogen (secondary N) is 1. The van der Waals surface area contributed by atoms with Crippen LogP contribution < -0.4 is 11.1 Å². The van der Waals surface area contributed by atoms with Gasteiger partial charge in [0.25, 0.3) is 0 Å². The molecule has 17 heavy (non-hydrogen) atoms. The molecule has 0 radical (unpaired) electrons. The molecular formula is C14H19N3. The number of hydrogen-bond acceptors (Lipinski definition) is 3. The standard InChI is InChI=1S/C14H19N3/c1-10-2-7-14(11(8-10)9-15)17-13-5-3-12(16)4-6-13/h2,7-8,12-13,17H,3-6,16H2,1H3. The Morgan fingerprint density at radius 3 is 2.65 bits per heavy atom. The maximum Gasteiger partial charge on any atom is 0.101 e. The lowest BCUT2D eigenvalue weighted by atomic mass is 9.91. The lowest BCUT2D eigenvalue weighted by molar-refractivity contribution is 0.411. The fourth-order valence-corrected chi connectivity index (χ4v) is 2.36. The van der Waals surface area contributed by atoms with E-state index in [0.717, 1.165) is 42.5 Å². The zero-order chi connectivity index (χ0) is 12.3. The third-order valence-electron chi connectivity index (χ3n) is 3.43. The largest absolute Gasteiger partial charge is 0.381 e. The fraction of sp³-hybridized carbons (Fsp3) is 0.500. The van der Waals surface area contributed by atoms with Gasteiger partial charge in [0.05, 0.1) is 11.3 Å². The minimum atomic E-state index is 0.363. The lowest BCUT2D eigenvalue weighted by Crippen LogP contribution is -2.32. The molecule has 0 atom stereocenters. The molecule has 3 N–H and O–H groups in total. The van der Waals surface area contributed by atoms with Crippen molar-refractivity contribution in [2.45, 2.75) is 44.7 Å². The molecule has 0 aromatic heterocycles. The maximum absolute atomic E-state index is 9.10. The Balaban J connectivity index is 2.06. The van der Waals surface area contributed by atoms with E-state index in [-0.39, 0.29) is 0 Å². The van der Waals surface area contributed by atoms with Gasteiger partial charge in [-0.05, 0) is 50.3 Å². The van der Waals surface area contributed by atoms with Crippen LogP contribution in [0.5, 0.6) is 0 Å². The van der Waals surface area contributed by atoms with Crippen molar-refractivity contribution in [3.8, 4) is 6.07 Å². The monoisotopic (exact) mass is 229 g/mol. The molecule has 0 saturated heterocycles. The molecule has 3 heteroatoms. The van der Waals surface area contributed by atoms with Crippen LogP contribution >= 0.6 is 0 Å². The van der Waals surface area contributed by atoms with Crippen molar-refractivity contribution < 1.29 is 0 Å². The molecule has 1 aromatic carbocycles. The van der Waals surface area contributed by atoms with E-state index in [1.807, 2.05) is 25.1 Å². The second-order valence-corrected chi connectivity index (χ2v) is 4.92. The zero-order valence-corrected chi connectivity index (χ0v) is 10.2. The van der Waals surface area contributed by atoms with Gasteiger partial charge in [-0.3, -0.25) is 0 Å². The number of nitrogens with two attached hydrogens (primary N) is 1. The molecule has 0 aliphatic heterocycles. The smallest absolute Gasteiger partial charge is 0.101 e. The summed E-state index contributed by atoms with van der Waals surface area (Å²) in [5.41, 5.74) is 8.70. The van der Waals surface area contributed by atoms with E-state index in [4.69, 9.17) is 11.0 Å². The molecule has 1 saturated carbocycles. The average molecular weight is 229 g/mol. The van der Waals surface area contributed by atoms with Gasteiger partial charge >= 0.3 is 0 Å². The summed E-state index contributed by atoms with van der Waals surface area (Å²) in [7, 11) is 0. The molecule has 1 aliphatic rings. The van der Waals surface area contributed by atoms with Gasteiger partial charge in [0, 0.05) is 12.1 Å². The first-order valence-electron chi connectivity index (χ1n) is 6.22. The summed E-state index contributed by atoms with van der Waals surface area (Å²) in [6.45, 7) is 2.00. The molecule has 90 valence electrons. The molecular weight excluding hydrogens is 210 g/mol. The molecule has 0 heterocycles. The second kappa shape index (κ2) is 5.20. The van der Waals surface area contributed by atoms with Crippen LogP contribution in [0.25, 0.3) is 0 Å². The Labute approximate surface area is 103 Å². The van der Waals surface area contributed by atoms with E-state index >= 15 is 0 Å². The lowest BCUT2D eigenvalue weighted by Gasteiger charge is -2.28.